The van der Waals surface area contributed by atoms with Crippen molar-refractivity contribution in [1.29, 1.82) is 0 Å². The van der Waals surface area contributed by atoms with E-state index < -0.39 is 7.92 Å². The molecule has 0 atom stereocenters. The van der Waals surface area contributed by atoms with Crippen molar-refractivity contribution in [2.75, 3.05) is 4.93 Å². The summed E-state index contributed by atoms with van der Waals surface area (Å²) in [5, 5.41) is 4.19. The minimum Gasteiger partial charge on any atom is -0.0901 e. The number of halogens is 1. The molecule has 0 nitrogen and oxygen atoms in total. The average Bonchev–Trinajstić information content (AvgIpc) is 2.60. The van der Waals surface area contributed by atoms with Gasteiger partial charge in [0.2, 0.25) is 0 Å². The fraction of sp³-hybridized carbons (Fsp3) is 0.0526. The summed E-state index contributed by atoms with van der Waals surface area (Å²) < 4.78 is 0. The Balaban J connectivity index is 0.000000774. The highest BCUT2D eigenvalue weighted by Crippen LogP contribution is 2.32. The van der Waals surface area contributed by atoms with Crippen molar-refractivity contribution >= 4 is 46.4 Å². The zero-order valence-electron chi connectivity index (χ0n) is 12.0. The molecule has 0 aromatic heterocycles. The third-order valence-corrected chi connectivity index (χ3v) is 5.49. The smallest absolute Gasteiger partial charge is 0.0121 e. The van der Waals surface area contributed by atoms with Gasteiger partial charge in [0.15, 0.2) is 0 Å². The SMILES string of the molecule is CI.c1ccc(P(c2ccccc2)c2ccccc2)cc1. The van der Waals surface area contributed by atoms with E-state index in [1.165, 1.54) is 15.9 Å². The van der Waals surface area contributed by atoms with Gasteiger partial charge in [-0.15, -0.1) is 0 Å². The first-order valence-corrected chi connectivity index (χ1v) is 10.3. The van der Waals surface area contributed by atoms with Gasteiger partial charge < -0.3 is 0 Å². The van der Waals surface area contributed by atoms with Gasteiger partial charge in [-0.2, -0.15) is 0 Å². The van der Waals surface area contributed by atoms with Crippen molar-refractivity contribution in [2.24, 2.45) is 0 Å². The summed E-state index contributed by atoms with van der Waals surface area (Å²) in [5.74, 6) is 0. The molecule has 0 amide bonds. The van der Waals surface area contributed by atoms with Crippen LogP contribution in [0.1, 0.15) is 0 Å². The maximum absolute atomic E-state index is 2.23. The molecular weight excluding hydrogens is 386 g/mol. The molecule has 3 aromatic carbocycles. The highest BCUT2D eigenvalue weighted by Gasteiger charge is 2.14. The van der Waals surface area contributed by atoms with Crippen LogP contribution in [0.25, 0.3) is 0 Å². The van der Waals surface area contributed by atoms with Crippen LogP contribution in [-0.4, -0.2) is 4.93 Å². The quantitative estimate of drug-likeness (QED) is 0.343. The van der Waals surface area contributed by atoms with Gasteiger partial charge in [-0.05, 0) is 28.8 Å². The van der Waals surface area contributed by atoms with Crippen LogP contribution in [0.4, 0.5) is 0 Å². The van der Waals surface area contributed by atoms with Crippen molar-refractivity contribution in [1.82, 2.24) is 0 Å². The Hall–Kier alpha value is -1.18. The minimum atomic E-state index is -0.446. The maximum atomic E-state index is 2.23. The van der Waals surface area contributed by atoms with Crippen LogP contribution < -0.4 is 15.9 Å². The molecule has 0 fully saturated rings. The highest BCUT2D eigenvalue weighted by atomic mass is 127. The second kappa shape index (κ2) is 8.96. The van der Waals surface area contributed by atoms with Crippen molar-refractivity contribution in [3.63, 3.8) is 0 Å². The molecule has 0 aliphatic heterocycles. The molecule has 0 heterocycles. The topological polar surface area (TPSA) is 0 Å². The van der Waals surface area contributed by atoms with Gasteiger partial charge in [-0.25, -0.2) is 0 Å². The first kappa shape index (κ1) is 16.2. The predicted octanol–water partition coefficient (Wildman–Crippen LogP) is 4.50. The maximum Gasteiger partial charge on any atom is -0.0121 e. The monoisotopic (exact) mass is 404 g/mol. The van der Waals surface area contributed by atoms with E-state index in [9.17, 15) is 0 Å². The first-order valence-electron chi connectivity index (χ1n) is 6.78. The fourth-order valence-electron chi connectivity index (χ4n) is 2.18. The summed E-state index contributed by atoms with van der Waals surface area (Å²) in [4.78, 5) is 1.97. The van der Waals surface area contributed by atoms with Gasteiger partial charge in [0, 0.05) is 0 Å². The molecular formula is C19H18IP. The zero-order valence-corrected chi connectivity index (χ0v) is 15.0. The van der Waals surface area contributed by atoms with Crippen molar-refractivity contribution < 1.29 is 0 Å². The largest absolute Gasteiger partial charge is 0.0901 e. The third-order valence-electron chi connectivity index (χ3n) is 3.04. The van der Waals surface area contributed by atoms with Gasteiger partial charge >= 0.3 is 0 Å². The van der Waals surface area contributed by atoms with Crippen LogP contribution in [0, 0.1) is 0 Å². The Kier molecular flexibility index (Phi) is 6.91. The van der Waals surface area contributed by atoms with E-state index in [0.29, 0.717) is 0 Å². The number of rotatable bonds is 3. The van der Waals surface area contributed by atoms with Crippen LogP contribution in [-0.2, 0) is 0 Å². The van der Waals surface area contributed by atoms with E-state index in [0.717, 1.165) is 0 Å². The van der Waals surface area contributed by atoms with Gasteiger partial charge in [0.1, 0.15) is 0 Å². The van der Waals surface area contributed by atoms with E-state index in [1.807, 2.05) is 4.93 Å². The molecule has 0 radical (unpaired) electrons. The normalized spacial score (nSPS) is 9.86. The van der Waals surface area contributed by atoms with E-state index in [-0.39, 0.29) is 0 Å². The lowest BCUT2D eigenvalue weighted by molar-refractivity contribution is 1.74. The number of hydrogen-bond donors (Lipinski definition) is 0. The van der Waals surface area contributed by atoms with E-state index in [4.69, 9.17) is 0 Å². The van der Waals surface area contributed by atoms with Crippen LogP contribution in [0.15, 0.2) is 91.0 Å². The van der Waals surface area contributed by atoms with Crippen LogP contribution in [0.2, 0.25) is 0 Å². The summed E-state index contributed by atoms with van der Waals surface area (Å²) in [5.41, 5.74) is 0. The van der Waals surface area contributed by atoms with Crippen molar-refractivity contribution in [2.45, 2.75) is 0 Å². The molecule has 0 N–H and O–H groups in total. The molecule has 0 unspecified atom stereocenters. The summed E-state index contributed by atoms with van der Waals surface area (Å²) in [6, 6.07) is 32.3. The van der Waals surface area contributed by atoms with E-state index in [1.54, 1.807) is 0 Å². The molecule has 0 aliphatic rings. The standard InChI is InChI=1S/C18H15P.CH3I/c1-4-10-16(11-5-1)19(17-12-6-2-7-13-17)18-14-8-3-9-15-18;1-2/h1-15H;1H3. The molecule has 3 aromatic rings. The molecule has 106 valence electrons. The Morgan fingerprint density at radius 2 is 0.714 bits per heavy atom. The lowest BCUT2D eigenvalue weighted by Crippen LogP contribution is -2.20. The van der Waals surface area contributed by atoms with Crippen LogP contribution in [0.5, 0.6) is 0 Å². The van der Waals surface area contributed by atoms with Crippen LogP contribution >= 0.6 is 30.5 Å². The Labute approximate surface area is 142 Å². The second-order valence-corrected chi connectivity index (χ2v) is 6.56. The molecule has 0 aliphatic carbocycles. The summed E-state index contributed by atoms with van der Waals surface area (Å²) in [6.45, 7) is 0. The van der Waals surface area contributed by atoms with Crippen molar-refractivity contribution in [3.05, 3.63) is 91.0 Å². The Morgan fingerprint density at radius 1 is 0.476 bits per heavy atom. The number of hydrogen-bond acceptors (Lipinski definition) is 0. The van der Waals surface area contributed by atoms with Crippen LogP contribution in [0.3, 0.4) is 0 Å². The van der Waals surface area contributed by atoms with Crippen molar-refractivity contribution in [3.8, 4) is 0 Å². The number of benzene rings is 3. The fourth-order valence-corrected chi connectivity index (χ4v) is 4.48. The molecule has 2 heteroatoms. The Morgan fingerprint density at radius 3 is 0.952 bits per heavy atom. The average molecular weight is 404 g/mol. The van der Waals surface area contributed by atoms with E-state index in [2.05, 4.69) is 114 Å². The first-order chi connectivity index (χ1) is 10.4. The molecule has 0 bridgehead atoms. The zero-order chi connectivity index (χ0) is 14.9. The summed E-state index contributed by atoms with van der Waals surface area (Å²) in [6.07, 6.45) is 0. The highest BCUT2D eigenvalue weighted by molar-refractivity contribution is 14.1. The summed E-state index contributed by atoms with van der Waals surface area (Å²) in [7, 11) is -0.446. The van der Waals surface area contributed by atoms with Gasteiger partial charge in [-0.1, -0.05) is 114 Å². The van der Waals surface area contributed by atoms with E-state index >= 15 is 0 Å². The van der Waals surface area contributed by atoms with Gasteiger partial charge in [0.05, 0.1) is 0 Å². The third kappa shape index (κ3) is 4.39. The molecule has 0 saturated heterocycles. The van der Waals surface area contributed by atoms with Gasteiger partial charge in [0.25, 0.3) is 0 Å². The lowest BCUT2D eigenvalue weighted by Gasteiger charge is -2.18. The molecule has 3 rings (SSSR count). The molecule has 21 heavy (non-hydrogen) atoms. The minimum absolute atomic E-state index is 0.446. The summed E-state index contributed by atoms with van der Waals surface area (Å²) >= 11 is 2.15. The lowest BCUT2D eigenvalue weighted by atomic mass is 10.4. The Bertz CT molecular complexity index is 530. The second-order valence-electron chi connectivity index (χ2n) is 4.34. The number of alkyl halides is 1. The predicted molar refractivity (Wildman–Crippen MR) is 105 cm³/mol. The molecule has 0 saturated carbocycles. The molecule has 0 spiro atoms. The van der Waals surface area contributed by atoms with Gasteiger partial charge in [-0.3, -0.25) is 0 Å².